The minimum absolute atomic E-state index is 0. The summed E-state index contributed by atoms with van der Waals surface area (Å²) >= 11 is 1.57. The lowest BCUT2D eigenvalue weighted by atomic mass is 10.2. The van der Waals surface area contributed by atoms with Crippen LogP contribution in [0.5, 0.6) is 0 Å². The number of rotatable bonds is 6. The Morgan fingerprint density at radius 2 is 2.40 bits per heavy atom. The molecule has 0 saturated heterocycles. The molecule has 0 radical (unpaired) electrons. The molecule has 2 aromatic heterocycles. The maximum Gasteiger partial charge on any atom is 0.236 e. The van der Waals surface area contributed by atoms with Gasteiger partial charge in [-0.2, -0.15) is 0 Å². The Kier molecular flexibility index (Phi) is 6.70. The molecule has 110 valence electrons. The van der Waals surface area contributed by atoms with Crippen molar-refractivity contribution in [3.8, 4) is 10.8 Å². The molecule has 20 heavy (non-hydrogen) atoms. The number of nitrogens with one attached hydrogen (secondary N) is 1. The van der Waals surface area contributed by atoms with Crippen molar-refractivity contribution < 1.29 is 9.21 Å². The highest BCUT2D eigenvalue weighted by atomic mass is 35.5. The van der Waals surface area contributed by atoms with E-state index < -0.39 is 0 Å². The number of carbonyl (C=O) groups is 1. The van der Waals surface area contributed by atoms with Crippen LogP contribution in [0.3, 0.4) is 0 Å². The summed E-state index contributed by atoms with van der Waals surface area (Å²) in [5.74, 6) is 0.577. The highest BCUT2D eigenvalue weighted by molar-refractivity contribution is 7.13. The maximum absolute atomic E-state index is 11.5. The second-order valence-electron chi connectivity index (χ2n) is 4.41. The third-order valence-corrected chi connectivity index (χ3v) is 3.43. The van der Waals surface area contributed by atoms with E-state index in [0.29, 0.717) is 25.3 Å². The molecule has 0 bridgehead atoms. The fourth-order valence-electron chi connectivity index (χ4n) is 1.54. The zero-order chi connectivity index (χ0) is 13.7. The highest BCUT2D eigenvalue weighted by Gasteiger charge is 2.09. The van der Waals surface area contributed by atoms with Crippen LogP contribution in [0.15, 0.2) is 28.2 Å². The van der Waals surface area contributed by atoms with Gasteiger partial charge in [0.25, 0.3) is 0 Å². The van der Waals surface area contributed by atoms with Crippen molar-refractivity contribution in [3.05, 3.63) is 29.5 Å². The van der Waals surface area contributed by atoms with E-state index in [1.807, 2.05) is 24.4 Å². The van der Waals surface area contributed by atoms with Crippen molar-refractivity contribution in [1.82, 2.24) is 10.3 Å². The number of oxazole rings is 1. The summed E-state index contributed by atoms with van der Waals surface area (Å²) in [4.78, 5) is 16.8. The molecule has 5 nitrogen and oxygen atoms in total. The quantitative estimate of drug-likeness (QED) is 0.858. The van der Waals surface area contributed by atoms with Crippen LogP contribution in [0.1, 0.15) is 25.5 Å². The lowest BCUT2D eigenvalue weighted by Gasteiger charge is -2.04. The molecular weight excluding hydrogens is 298 g/mol. The summed E-state index contributed by atoms with van der Waals surface area (Å²) in [6, 6.07) is 3.93. The fourth-order valence-corrected chi connectivity index (χ4v) is 2.19. The van der Waals surface area contributed by atoms with Gasteiger partial charge in [0.2, 0.25) is 11.8 Å². The topological polar surface area (TPSA) is 81.2 Å². The second-order valence-corrected chi connectivity index (χ2v) is 5.36. The van der Waals surface area contributed by atoms with Gasteiger partial charge in [-0.25, -0.2) is 4.98 Å². The lowest BCUT2D eigenvalue weighted by molar-refractivity contribution is -0.121. The van der Waals surface area contributed by atoms with E-state index in [1.165, 1.54) is 0 Å². The summed E-state index contributed by atoms with van der Waals surface area (Å²) in [7, 11) is 0. The summed E-state index contributed by atoms with van der Waals surface area (Å²) in [6.07, 6.45) is 2.69. The molecule has 0 aromatic carbocycles. The normalized spacial score (nSPS) is 11.7. The van der Waals surface area contributed by atoms with Crippen LogP contribution in [0.2, 0.25) is 0 Å². The van der Waals surface area contributed by atoms with Crippen molar-refractivity contribution in [1.29, 1.82) is 0 Å². The fraction of sp³-hybridized carbons (Fsp3) is 0.385. The van der Waals surface area contributed by atoms with Crippen molar-refractivity contribution in [2.24, 2.45) is 5.73 Å². The Labute approximate surface area is 128 Å². The number of aromatic nitrogens is 1. The van der Waals surface area contributed by atoms with Gasteiger partial charge in [-0.1, -0.05) is 6.07 Å². The van der Waals surface area contributed by atoms with Gasteiger partial charge in [0, 0.05) is 12.5 Å². The van der Waals surface area contributed by atoms with Gasteiger partial charge >= 0.3 is 0 Å². The van der Waals surface area contributed by atoms with Gasteiger partial charge in [-0.05, 0) is 24.8 Å². The molecule has 1 amide bonds. The number of hydrogen-bond acceptors (Lipinski definition) is 5. The third kappa shape index (κ3) is 4.96. The molecule has 3 N–H and O–H groups in total. The van der Waals surface area contributed by atoms with Crippen LogP contribution >= 0.6 is 23.7 Å². The SMILES string of the molecule is CC(N)CCC(=O)NCc1coc(-c2cccs2)n1.Cl. The summed E-state index contributed by atoms with van der Waals surface area (Å²) < 4.78 is 5.37. The molecule has 0 fully saturated rings. The molecule has 2 rings (SSSR count). The van der Waals surface area contributed by atoms with E-state index >= 15 is 0 Å². The average molecular weight is 316 g/mol. The largest absolute Gasteiger partial charge is 0.443 e. The number of halogens is 1. The second kappa shape index (κ2) is 8.04. The standard InChI is InChI=1S/C13H17N3O2S.ClH/c1-9(14)4-5-12(17)15-7-10-8-18-13(16-10)11-3-2-6-19-11;/h2-3,6,8-9H,4-5,7,14H2,1H3,(H,15,17);1H. The van der Waals surface area contributed by atoms with Gasteiger partial charge in [0.15, 0.2) is 0 Å². The molecule has 0 saturated carbocycles. The van der Waals surface area contributed by atoms with E-state index in [4.69, 9.17) is 10.2 Å². The number of nitrogens with zero attached hydrogens (tertiary/aromatic N) is 1. The van der Waals surface area contributed by atoms with Crippen LogP contribution in [0.4, 0.5) is 0 Å². The van der Waals surface area contributed by atoms with Gasteiger partial charge in [-0.15, -0.1) is 23.7 Å². The highest BCUT2D eigenvalue weighted by Crippen LogP contribution is 2.23. The first-order valence-electron chi connectivity index (χ1n) is 6.15. The molecule has 0 aliphatic carbocycles. The molecule has 2 heterocycles. The zero-order valence-electron chi connectivity index (χ0n) is 11.2. The van der Waals surface area contributed by atoms with E-state index in [1.54, 1.807) is 17.6 Å². The molecule has 2 aromatic rings. The van der Waals surface area contributed by atoms with Crippen molar-refractivity contribution in [3.63, 3.8) is 0 Å². The van der Waals surface area contributed by atoms with Crippen LogP contribution in [-0.2, 0) is 11.3 Å². The molecule has 7 heteroatoms. The first-order chi connectivity index (χ1) is 9.15. The first-order valence-corrected chi connectivity index (χ1v) is 7.03. The Morgan fingerprint density at radius 1 is 1.60 bits per heavy atom. The Morgan fingerprint density at radius 3 is 3.05 bits per heavy atom. The van der Waals surface area contributed by atoms with Crippen LogP contribution in [0.25, 0.3) is 10.8 Å². The van der Waals surface area contributed by atoms with E-state index in [0.717, 1.165) is 10.6 Å². The van der Waals surface area contributed by atoms with Gasteiger partial charge in [0.05, 0.1) is 17.1 Å². The Hall–Kier alpha value is -1.37. The monoisotopic (exact) mass is 315 g/mol. The van der Waals surface area contributed by atoms with Crippen molar-refractivity contribution in [2.45, 2.75) is 32.4 Å². The Balaban J connectivity index is 0.00000200. The summed E-state index contributed by atoms with van der Waals surface area (Å²) in [5, 5.41) is 4.77. The van der Waals surface area contributed by atoms with Gasteiger partial charge in [0.1, 0.15) is 6.26 Å². The van der Waals surface area contributed by atoms with E-state index in [-0.39, 0.29) is 24.4 Å². The van der Waals surface area contributed by atoms with Crippen LogP contribution < -0.4 is 11.1 Å². The smallest absolute Gasteiger partial charge is 0.236 e. The first kappa shape index (κ1) is 16.7. The van der Waals surface area contributed by atoms with Crippen LogP contribution in [0, 0.1) is 0 Å². The minimum Gasteiger partial charge on any atom is -0.443 e. The van der Waals surface area contributed by atoms with Crippen molar-refractivity contribution in [2.75, 3.05) is 0 Å². The van der Waals surface area contributed by atoms with Crippen molar-refractivity contribution >= 4 is 29.7 Å². The molecule has 0 aliphatic rings. The number of thiophene rings is 1. The molecule has 0 aliphatic heterocycles. The molecule has 1 unspecified atom stereocenters. The number of amides is 1. The lowest BCUT2D eigenvalue weighted by Crippen LogP contribution is -2.25. The number of carbonyl (C=O) groups excluding carboxylic acids is 1. The molecular formula is C13H18ClN3O2S. The molecule has 1 atom stereocenters. The predicted octanol–water partition coefficient (Wildman–Crippen LogP) is 2.57. The van der Waals surface area contributed by atoms with Gasteiger partial charge in [-0.3, -0.25) is 4.79 Å². The van der Waals surface area contributed by atoms with E-state index in [2.05, 4.69) is 10.3 Å². The predicted molar refractivity (Wildman–Crippen MR) is 81.8 cm³/mol. The molecule has 0 spiro atoms. The summed E-state index contributed by atoms with van der Waals surface area (Å²) in [5.41, 5.74) is 6.32. The van der Waals surface area contributed by atoms with Crippen LogP contribution in [-0.4, -0.2) is 16.9 Å². The number of nitrogens with two attached hydrogens (primary N) is 1. The van der Waals surface area contributed by atoms with Gasteiger partial charge < -0.3 is 15.5 Å². The Bertz CT molecular complexity index is 525. The summed E-state index contributed by atoms with van der Waals surface area (Å²) in [6.45, 7) is 2.27. The zero-order valence-corrected chi connectivity index (χ0v) is 12.8. The maximum atomic E-state index is 11.5. The minimum atomic E-state index is -0.0158. The average Bonchev–Trinajstić information content (AvgIpc) is 3.03. The number of hydrogen-bond donors (Lipinski definition) is 2. The third-order valence-electron chi connectivity index (χ3n) is 2.58. The van der Waals surface area contributed by atoms with E-state index in [9.17, 15) is 4.79 Å².